The van der Waals surface area contributed by atoms with E-state index in [2.05, 4.69) is 34.7 Å². The summed E-state index contributed by atoms with van der Waals surface area (Å²) < 4.78 is 10.0. The van der Waals surface area contributed by atoms with Crippen LogP contribution in [0.5, 0.6) is 5.75 Å². The topological polar surface area (TPSA) is 72.0 Å². The van der Waals surface area contributed by atoms with Crippen molar-refractivity contribution < 1.29 is 14.3 Å². The van der Waals surface area contributed by atoms with Crippen molar-refractivity contribution >= 4 is 11.9 Å². The van der Waals surface area contributed by atoms with Gasteiger partial charge < -0.3 is 20.1 Å². The summed E-state index contributed by atoms with van der Waals surface area (Å²) in [6.45, 7) is 2.58. The second-order valence-corrected chi connectivity index (χ2v) is 5.73. The number of ether oxygens (including phenoxy) is 2. The van der Waals surface area contributed by atoms with Gasteiger partial charge in [0.1, 0.15) is 11.3 Å². The van der Waals surface area contributed by atoms with E-state index in [1.165, 1.54) is 19.8 Å². The molecule has 0 aliphatic heterocycles. The van der Waals surface area contributed by atoms with E-state index in [0.717, 1.165) is 5.56 Å². The van der Waals surface area contributed by atoms with Gasteiger partial charge >= 0.3 is 5.97 Å². The molecule has 2 rings (SSSR count). The molecule has 26 heavy (non-hydrogen) atoms. The van der Waals surface area contributed by atoms with Crippen LogP contribution < -0.4 is 15.4 Å². The number of benzene rings is 2. The van der Waals surface area contributed by atoms with Gasteiger partial charge in [-0.2, -0.15) is 0 Å². The first-order chi connectivity index (χ1) is 12.6. The summed E-state index contributed by atoms with van der Waals surface area (Å²) in [4.78, 5) is 16.1. The summed E-state index contributed by atoms with van der Waals surface area (Å²) in [6.07, 6.45) is 0. The van der Waals surface area contributed by atoms with Crippen LogP contribution in [0.15, 0.2) is 53.5 Å². The zero-order valence-electron chi connectivity index (χ0n) is 15.6. The standard InChI is InChI=1S/C20H25N3O3/c1-14(16-8-6-5-7-9-16)23-20(21-2)22-13-15-10-11-18(25-3)17(12-15)19(24)26-4/h5-12,14H,13H2,1-4H3,(H2,21,22,23). The maximum absolute atomic E-state index is 11.9. The number of rotatable bonds is 6. The highest BCUT2D eigenvalue weighted by Gasteiger charge is 2.14. The van der Waals surface area contributed by atoms with Crippen molar-refractivity contribution in [2.24, 2.45) is 4.99 Å². The molecule has 138 valence electrons. The Morgan fingerprint density at radius 3 is 2.50 bits per heavy atom. The maximum Gasteiger partial charge on any atom is 0.341 e. The Morgan fingerprint density at radius 2 is 1.88 bits per heavy atom. The highest BCUT2D eigenvalue weighted by atomic mass is 16.5. The second kappa shape index (κ2) is 9.46. The summed E-state index contributed by atoms with van der Waals surface area (Å²) in [7, 11) is 4.60. The lowest BCUT2D eigenvalue weighted by Gasteiger charge is -2.18. The second-order valence-electron chi connectivity index (χ2n) is 5.73. The molecule has 0 heterocycles. The average Bonchev–Trinajstić information content (AvgIpc) is 2.70. The van der Waals surface area contributed by atoms with Crippen molar-refractivity contribution in [3.8, 4) is 5.75 Å². The average molecular weight is 355 g/mol. The minimum atomic E-state index is -0.427. The van der Waals surface area contributed by atoms with Gasteiger partial charge in [0.05, 0.1) is 20.3 Å². The molecule has 0 aromatic heterocycles. The largest absolute Gasteiger partial charge is 0.496 e. The summed E-state index contributed by atoms with van der Waals surface area (Å²) in [5.74, 6) is 0.738. The molecular weight excluding hydrogens is 330 g/mol. The van der Waals surface area contributed by atoms with E-state index in [4.69, 9.17) is 9.47 Å². The molecular formula is C20H25N3O3. The number of esters is 1. The number of nitrogens with one attached hydrogen (secondary N) is 2. The molecule has 2 N–H and O–H groups in total. The molecule has 0 bridgehead atoms. The maximum atomic E-state index is 11.9. The smallest absolute Gasteiger partial charge is 0.341 e. The van der Waals surface area contributed by atoms with E-state index in [-0.39, 0.29) is 6.04 Å². The first kappa shape index (κ1) is 19.3. The lowest BCUT2D eigenvalue weighted by atomic mass is 10.1. The van der Waals surface area contributed by atoms with Gasteiger partial charge in [-0.25, -0.2) is 4.79 Å². The van der Waals surface area contributed by atoms with E-state index < -0.39 is 5.97 Å². The molecule has 0 saturated heterocycles. The lowest BCUT2D eigenvalue weighted by Crippen LogP contribution is -2.38. The quantitative estimate of drug-likeness (QED) is 0.474. The fourth-order valence-corrected chi connectivity index (χ4v) is 2.55. The van der Waals surface area contributed by atoms with E-state index in [9.17, 15) is 4.79 Å². The van der Waals surface area contributed by atoms with Crippen LogP contribution >= 0.6 is 0 Å². The molecule has 1 atom stereocenters. The zero-order valence-corrected chi connectivity index (χ0v) is 15.6. The summed E-state index contributed by atoms with van der Waals surface area (Å²) in [5, 5.41) is 6.60. The predicted octanol–water partition coefficient (Wildman–Crippen LogP) is 2.91. The van der Waals surface area contributed by atoms with Crippen LogP contribution in [0.2, 0.25) is 0 Å². The third kappa shape index (κ3) is 4.99. The number of hydrogen-bond donors (Lipinski definition) is 2. The molecule has 0 aliphatic carbocycles. The van der Waals surface area contributed by atoms with E-state index in [1.54, 1.807) is 19.2 Å². The molecule has 0 aliphatic rings. The minimum Gasteiger partial charge on any atom is -0.496 e. The van der Waals surface area contributed by atoms with Gasteiger partial charge in [0.2, 0.25) is 0 Å². The van der Waals surface area contributed by atoms with Crippen molar-refractivity contribution in [1.82, 2.24) is 10.6 Å². The molecule has 0 fully saturated rings. The van der Waals surface area contributed by atoms with Crippen LogP contribution in [0.4, 0.5) is 0 Å². The Bertz CT molecular complexity index is 760. The third-order valence-corrected chi connectivity index (χ3v) is 4.01. The Hall–Kier alpha value is -3.02. The van der Waals surface area contributed by atoms with Crippen molar-refractivity contribution in [3.63, 3.8) is 0 Å². The van der Waals surface area contributed by atoms with Crippen LogP contribution in [-0.2, 0) is 11.3 Å². The fraction of sp³-hybridized carbons (Fsp3) is 0.300. The van der Waals surface area contributed by atoms with E-state index in [0.29, 0.717) is 23.8 Å². The SMILES string of the molecule is CN=C(NCc1ccc(OC)c(C(=O)OC)c1)NC(C)c1ccccc1. The van der Waals surface area contributed by atoms with Crippen LogP contribution in [0, 0.1) is 0 Å². The van der Waals surface area contributed by atoms with E-state index >= 15 is 0 Å². The molecule has 0 spiro atoms. The van der Waals surface area contributed by atoms with E-state index in [1.807, 2.05) is 24.3 Å². The molecule has 2 aromatic carbocycles. The molecule has 6 heteroatoms. The molecule has 0 amide bonds. The number of carbonyl (C=O) groups excluding carboxylic acids is 1. The number of guanidine groups is 1. The molecule has 2 aromatic rings. The molecule has 0 radical (unpaired) electrons. The highest BCUT2D eigenvalue weighted by molar-refractivity contribution is 5.92. The molecule has 0 saturated carbocycles. The number of nitrogens with zero attached hydrogens (tertiary/aromatic N) is 1. The summed E-state index contributed by atoms with van der Waals surface area (Å²) in [5.41, 5.74) is 2.49. The van der Waals surface area contributed by atoms with Gasteiger partial charge in [0.25, 0.3) is 0 Å². The van der Waals surface area contributed by atoms with Crippen LogP contribution in [-0.4, -0.2) is 33.2 Å². The van der Waals surface area contributed by atoms with Crippen LogP contribution in [0.3, 0.4) is 0 Å². The molecule has 6 nitrogen and oxygen atoms in total. The Balaban J connectivity index is 2.03. The Kier molecular flexibility index (Phi) is 7.02. The Labute approximate surface area is 154 Å². The van der Waals surface area contributed by atoms with Gasteiger partial charge in [-0.05, 0) is 30.2 Å². The van der Waals surface area contributed by atoms with Crippen LogP contribution in [0.1, 0.15) is 34.5 Å². The van der Waals surface area contributed by atoms with Crippen LogP contribution in [0.25, 0.3) is 0 Å². The number of hydrogen-bond acceptors (Lipinski definition) is 4. The molecule has 1 unspecified atom stereocenters. The van der Waals surface area contributed by atoms with Gasteiger partial charge in [0, 0.05) is 13.6 Å². The van der Waals surface area contributed by atoms with Crippen molar-refractivity contribution in [2.45, 2.75) is 19.5 Å². The predicted molar refractivity (Wildman–Crippen MR) is 103 cm³/mol. The van der Waals surface area contributed by atoms with Crippen molar-refractivity contribution in [2.75, 3.05) is 21.3 Å². The van der Waals surface area contributed by atoms with Gasteiger partial charge in [-0.3, -0.25) is 4.99 Å². The number of methoxy groups -OCH3 is 2. The fourth-order valence-electron chi connectivity index (χ4n) is 2.55. The first-order valence-electron chi connectivity index (χ1n) is 8.36. The highest BCUT2D eigenvalue weighted by Crippen LogP contribution is 2.20. The van der Waals surface area contributed by atoms with Gasteiger partial charge in [-0.1, -0.05) is 36.4 Å². The number of aliphatic imine (C=N–C) groups is 1. The van der Waals surface area contributed by atoms with Crippen molar-refractivity contribution in [3.05, 3.63) is 65.2 Å². The third-order valence-electron chi connectivity index (χ3n) is 4.01. The normalized spacial score (nSPS) is 12.2. The van der Waals surface area contributed by atoms with Gasteiger partial charge in [0.15, 0.2) is 5.96 Å². The Morgan fingerprint density at radius 1 is 1.15 bits per heavy atom. The van der Waals surface area contributed by atoms with Gasteiger partial charge in [-0.15, -0.1) is 0 Å². The zero-order chi connectivity index (χ0) is 18.9. The number of carbonyl (C=O) groups is 1. The first-order valence-corrected chi connectivity index (χ1v) is 8.36. The minimum absolute atomic E-state index is 0.115. The van der Waals surface area contributed by atoms with Crippen molar-refractivity contribution in [1.29, 1.82) is 0 Å². The summed E-state index contributed by atoms with van der Waals surface area (Å²) in [6, 6.07) is 15.7. The lowest BCUT2D eigenvalue weighted by molar-refractivity contribution is 0.0597. The summed E-state index contributed by atoms with van der Waals surface area (Å²) >= 11 is 0. The monoisotopic (exact) mass is 355 g/mol.